The number of nitrogens with zero attached hydrogens (tertiary/aromatic N) is 1. The van der Waals surface area contributed by atoms with E-state index < -0.39 is 0 Å². The van der Waals surface area contributed by atoms with E-state index in [1.54, 1.807) is 5.57 Å². The van der Waals surface area contributed by atoms with Crippen LogP contribution in [0.25, 0.3) is 0 Å². The first-order valence-electron chi connectivity index (χ1n) is 8.30. The van der Waals surface area contributed by atoms with Gasteiger partial charge in [0.05, 0.1) is 19.8 Å². The van der Waals surface area contributed by atoms with Gasteiger partial charge in [-0.3, -0.25) is 9.69 Å². The highest BCUT2D eigenvalue weighted by Crippen LogP contribution is 2.19. The number of morpholine rings is 1. The van der Waals surface area contributed by atoms with Crippen LogP contribution in [0.2, 0.25) is 0 Å². The molecule has 1 saturated heterocycles. The second-order valence-corrected chi connectivity index (χ2v) is 5.84. The van der Waals surface area contributed by atoms with Crippen molar-refractivity contribution < 1.29 is 9.53 Å². The van der Waals surface area contributed by atoms with Crippen LogP contribution < -0.4 is 10.6 Å². The van der Waals surface area contributed by atoms with Crippen molar-refractivity contribution in [2.45, 2.75) is 32.1 Å². The Labute approximate surface area is 128 Å². The molecule has 0 bridgehead atoms. The summed E-state index contributed by atoms with van der Waals surface area (Å²) >= 11 is 0. The third-order valence-electron chi connectivity index (χ3n) is 4.15. The number of nitrogens with one attached hydrogen (secondary N) is 2. The molecule has 1 fully saturated rings. The van der Waals surface area contributed by atoms with Gasteiger partial charge in [-0.15, -0.1) is 0 Å². The van der Waals surface area contributed by atoms with Crippen molar-refractivity contribution in [1.82, 2.24) is 15.5 Å². The lowest BCUT2D eigenvalue weighted by Gasteiger charge is -2.26. The summed E-state index contributed by atoms with van der Waals surface area (Å²) in [5.41, 5.74) is 1.56. The van der Waals surface area contributed by atoms with Crippen LogP contribution >= 0.6 is 0 Å². The van der Waals surface area contributed by atoms with Crippen molar-refractivity contribution in [2.24, 2.45) is 0 Å². The van der Waals surface area contributed by atoms with Crippen LogP contribution in [0.1, 0.15) is 32.1 Å². The summed E-state index contributed by atoms with van der Waals surface area (Å²) in [4.78, 5) is 14.0. The highest BCUT2D eigenvalue weighted by Gasteiger charge is 2.10. The van der Waals surface area contributed by atoms with Gasteiger partial charge in [0, 0.05) is 26.2 Å². The minimum absolute atomic E-state index is 0.0980. The number of hydrogen-bond donors (Lipinski definition) is 2. The van der Waals surface area contributed by atoms with Gasteiger partial charge in [-0.25, -0.2) is 0 Å². The maximum Gasteiger partial charge on any atom is 0.234 e. The monoisotopic (exact) mass is 295 g/mol. The van der Waals surface area contributed by atoms with E-state index in [0.29, 0.717) is 6.54 Å². The Morgan fingerprint density at radius 1 is 1.24 bits per heavy atom. The molecule has 0 unspecified atom stereocenters. The molecule has 2 aliphatic rings. The van der Waals surface area contributed by atoms with E-state index in [-0.39, 0.29) is 5.91 Å². The Morgan fingerprint density at radius 3 is 2.86 bits per heavy atom. The van der Waals surface area contributed by atoms with Gasteiger partial charge in [0.2, 0.25) is 5.91 Å². The number of carbonyl (C=O) groups excluding carboxylic acids is 1. The maximum atomic E-state index is 11.7. The lowest BCUT2D eigenvalue weighted by Crippen LogP contribution is -2.43. The minimum atomic E-state index is 0.0980. The fourth-order valence-corrected chi connectivity index (χ4v) is 2.82. The molecule has 0 aromatic carbocycles. The van der Waals surface area contributed by atoms with E-state index >= 15 is 0 Å². The van der Waals surface area contributed by atoms with E-state index in [1.807, 2.05) is 0 Å². The normalized spacial score (nSPS) is 20.1. The van der Waals surface area contributed by atoms with Crippen LogP contribution in [0.3, 0.4) is 0 Å². The Hall–Kier alpha value is -0.910. The Balaban J connectivity index is 1.44. The number of amides is 1. The smallest absolute Gasteiger partial charge is 0.234 e. The predicted molar refractivity (Wildman–Crippen MR) is 84.3 cm³/mol. The van der Waals surface area contributed by atoms with Gasteiger partial charge >= 0.3 is 0 Å². The van der Waals surface area contributed by atoms with E-state index in [2.05, 4.69) is 21.6 Å². The zero-order valence-corrected chi connectivity index (χ0v) is 13.0. The first-order chi connectivity index (χ1) is 10.3. The van der Waals surface area contributed by atoms with Gasteiger partial charge in [-0.1, -0.05) is 11.6 Å². The minimum Gasteiger partial charge on any atom is -0.379 e. The molecule has 1 aliphatic heterocycles. The SMILES string of the molecule is O=C(CNCCC1=CCCCC1)NCCN1CCOCC1. The molecular formula is C16H29N3O2. The largest absolute Gasteiger partial charge is 0.379 e. The standard InChI is InChI=1S/C16H29N3O2/c20-16(18-8-9-19-10-12-21-13-11-19)14-17-7-6-15-4-2-1-3-5-15/h4,17H,1-3,5-14H2,(H,18,20). The molecule has 5 heteroatoms. The van der Waals surface area contributed by atoms with E-state index in [1.165, 1.54) is 25.7 Å². The highest BCUT2D eigenvalue weighted by atomic mass is 16.5. The van der Waals surface area contributed by atoms with Crippen LogP contribution in [-0.2, 0) is 9.53 Å². The summed E-state index contributed by atoms with van der Waals surface area (Å²) < 4.78 is 5.30. The second-order valence-electron chi connectivity index (χ2n) is 5.84. The van der Waals surface area contributed by atoms with Crippen molar-refractivity contribution in [3.63, 3.8) is 0 Å². The summed E-state index contributed by atoms with van der Waals surface area (Å²) in [5.74, 6) is 0.0980. The fraction of sp³-hybridized carbons (Fsp3) is 0.812. The number of carbonyl (C=O) groups is 1. The number of hydrogen-bond acceptors (Lipinski definition) is 4. The molecule has 1 aliphatic carbocycles. The van der Waals surface area contributed by atoms with Gasteiger partial charge in [0.25, 0.3) is 0 Å². The quantitative estimate of drug-likeness (QED) is 0.516. The van der Waals surface area contributed by atoms with Gasteiger partial charge in [-0.05, 0) is 38.6 Å². The molecular weight excluding hydrogens is 266 g/mol. The summed E-state index contributed by atoms with van der Waals surface area (Å²) in [5, 5.41) is 6.20. The van der Waals surface area contributed by atoms with Crippen LogP contribution in [0.5, 0.6) is 0 Å². The molecule has 0 spiro atoms. The molecule has 0 aromatic heterocycles. The van der Waals surface area contributed by atoms with Crippen LogP contribution in [0.15, 0.2) is 11.6 Å². The highest BCUT2D eigenvalue weighted by molar-refractivity contribution is 5.77. The lowest BCUT2D eigenvalue weighted by atomic mass is 9.97. The molecule has 0 saturated carbocycles. The summed E-state index contributed by atoms with van der Waals surface area (Å²) in [6.45, 7) is 6.55. The van der Waals surface area contributed by atoms with E-state index in [4.69, 9.17) is 4.74 Å². The topological polar surface area (TPSA) is 53.6 Å². The van der Waals surface area contributed by atoms with E-state index in [9.17, 15) is 4.79 Å². The van der Waals surface area contributed by atoms with Crippen molar-refractivity contribution in [3.8, 4) is 0 Å². The van der Waals surface area contributed by atoms with Crippen LogP contribution in [0.4, 0.5) is 0 Å². The van der Waals surface area contributed by atoms with E-state index in [0.717, 1.165) is 52.4 Å². The van der Waals surface area contributed by atoms with Crippen molar-refractivity contribution in [1.29, 1.82) is 0 Å². The third kappa shape index (κ3) is 7.07. The second kappa shape index (κ2) is 9.92. The Morgan fingerprint density at radius 2 is 2.10 bits per heavy atom. The molecule has 0 radical (unpaired) electrons. The molecule has 2 N–H and O–H groups in total. The van der Waals surface area contributed by atoms with Gasteiger partial charge in [-0.2, -0.15) is 0 Å². The Kier molecular flexibility index (Phi) is 7.78. The predicted octanol–water partition coefficient (Wildman–Crippen LogP) is 0.915. The third-order valence-corrected chi connectivity index (χ3v) is 4.15. The molecule has 1 heterocycles. The van der Waals surface area contributed by atoms with Crippen molar-refractivity contribution >= 4 is 5.91 Å². The van der Waals surface area contributed by atoms with Gasteiger partial charge in [0.1, 0.15) is 0 Å². The number of ether oxygens (including phenoxy) is 1. The molecule has 2 rings (SSSR count). The van der Waals surface area contributed by atoms with Crippen LogP contribution in [-0.4, -0.2) is 63.3 Å². The lowest BCUT2D eigenvalue weighted by molar-refractivity contribution is -0.120. The van der Waals surface area contributed by atoms with Crippen molar-refractivity contribution in [3.05, 3.63) is 11.6 Å². The molecule has 1 amide bonds. The van der Waals surface area contributed by atoms with Crippen LogP contribution in [0, 0.1) is 0 Å². The molecule has 0 aromatic rings. The van der Waals surface area contributed by atoms with Gasteiger partial charge < -0.3 is 15.4 Å². The summed E-state index contributed by atoms with van der Waals surface area (Å²) in [6, 6.07) is 0. The first-order valence-corrected chi connectivity index (χ1v) is 8.30. The zero-order valence-electron chi connectivity index (χ0n) is 13.0. The average molecular weight is 295 g/mol. The first kappa shape index (κ1) is 16.5. The van der Waals surface area contributed by atoms with Gasteiger partial charge in [0.15, 0.2) is 0 Å². The zero-order chi connectivity index (χ0) is 14.8. The molecule has 5 nitrogen and oxygen atoms in total. The Bertz CT molecular complexity index is 338. The fourth-order valence-electron chi connectivity index (χ4n) is 2.82. The van der Waals surface area contributed by atoms with Crippen molar-refractivity contribution in [2.75, 3.05) is 52.5 Å². The average Bonchev–Trinajstić information content (AvgIpc) is 2.54. The summed E-state index contributed by atoms with van der Waals surface area (Å²) in [6.07, 6.45) is 8.59. The maximum absolute atomic E-state index is 11.7. The number of rotatable bonds is 8. The molecule has 120 valence electrons. The summed E-state index contributed by atoms with van der Waals surface area (Å²) in [7, 11) is 0. The molecule has 21 heavy (non-hydrogen) atoms. The number of allylic oxidation sites excluding steroid dienone is 1. The molecule has 0 atom stereocenters.